The molecule has 0 rings (SSSR count). The second-order valence-electron chi connectivity index (χ2n) is 4.93. The molecule has 0 aliphatic carbocycles. The van der Waals surface area contributed by atoms with Crippen molar-refractivity contribution in [2.75, 3.05) is 0 Å². The van der Waals surface area contributed by atoms with Crippen molar-refractivity contribution in [1.82, 2.24) is 0 Å². The third kappa shape index (κ3) is 5.02. The number of hydrogen-bond donors (Lipinski definition) is 0. The Morgan fingerprint density at radius 1 is 0.786 bits per heavy atom. The van der Waals surface area contributed by atoms with Crippen molar-refractivity contribution in [3.63, 3.8) is 0 Å². The van der Waals surface area contributed by atoms with E-state index in [2.05, 4.69) is 34.6 Å². The molecular formula is C14H30. The Balaban J connectivity index is 3.84. The van der Waals surface area contributed by atoms with E-state index >= 15 is 0 Å². The zero-order chi connectivity index (χ0) is 11.0. The highest BCUT2D eigenvalue weighted by atomic mass is 14.3. The van der Waals surface area contributed by atoms with Gasteiger partial charge in [-0.3, -0.25) is 0 Å². The van der Waals surface area contributed by atoms with E-state index in [0.717, 1.165) is 17.8 Å². The van der Waals surface area contributed by atoms with Crippen molar-refractivity contribution < 1.29 is 0 Å². The molecule has 0 heterocycles. The average Bonchev–Trinajstić information content (AvgIpc) is 2.19. The van der Waals surface area contributed by atoms with Crippen LogP contribution in [0.15, 0.2) is 0 Å². The molecule has 0 nitrogen and oxygen atoms in total. The van der Waals surface area contributed by atoms with Crippen LogP contribution in [0.5, 0.6) is 0 Å². The highest BCUT2D eigenvalue weighted by Gasteiger charge is 2.19. The normalized spacial score (nSPS) is 17.8. The summed E-state index contributed by atoms with van der Waals surface area (Å²) < 4.78 is 0. The molecule has 0 aliphatic heterocycles. The summed E-state index contributed by atoms with van der Waals surface area (Å²) in [6.45, 7) is 11.8. The van der Waals surface area contributed by atoms with Crippen molar-refractivity contribution >= 4 is 0 Å². The standard InChI is InChI=1S/C14H30/c1-6-9-10-11-13(5)14(8-3)12(4)7-2/h12-14H,6-11H2,1-5H3. The van der Waals surface area contributed by atoms with Gasteiger partial charge in [0.05, 0.1) is 0 Å². The summed E-state index contributed by atoms with van der Waals surface area (Å²) in [6, 6.07) is 0. The lowest BCUT2D eigenvalue weighted by Crippen LogP contribution is -2.18. The van der Waals surface area contributed by atoms with Gasteiger partial charge in [-0.05, 0) is 17.8 Å². The Morgan fingerprint density at radius 3 is 1.86 bits per heavy atom. The van der Waals surface area contributed by atoms with Crippen molar-refractivity contribution in [2.24, 2.45) is 17.8 Å². The third-order valence-electron chi connectivity index (χ3n) is 3.84. The van der Waals surface area contributed by atoms with Crippen molar-refractivity contribution in [1.29, 1.82) is 0 Å². The summed E-state index contributed by atoms with van der Waals surface area (Å²) in [7, 11) is 0. The van der Waals surface area contributed by atoms with Gasteiger partial charge in [-0.25, -0.2) is 0 Å². The fraction of sp³-hybridized carbons (Fsp3) is 1.00. The Hall–Kier alpha value is 0. The fourth-order valence-electron chi connectivity index (χ4n) is 2.60. The Morgan fingerprint density at radius 2 is 1.43 bits per heavy atom. The lowest BCUT2D eigenvalue weighted by atomic mass is 9.78. The summed E-state index contributed by atoms with van der Waals surface area (Å²) in [5, 5.41) is 0. The first-order valence-electron chi connectivity index (χ1n) is 6.67. The van der Waals surface area contributed by atoms with Crippen molar-refractivity contribution in [2.45, 2.75) is 73.1 Å². The summed E-state index contributed by atoms with van der Waals surface area (Å²) in [5.74, 6) is 2.80. The maximum absolute atomic E-state index is 2.45. The van der Waals surface area contributed by atoms with Crippen LogP contribution in [0.4, 0.5) is 0 Å². The number of unbranched alkanes of at least 4 members (excludes halogenated alkanes) is 2. The summed E-state index contributed by atoms with van der Waals surface area (Å²) >= 11 is 0. The minimum atomic E-state index is 0.914. The molecule has 0 spiro atoms. The van der Waals surface area contributed by atoms with Crippen molar-refractivity contribution in [3.05, 3.63) is 0 Å². The molecule has 14 heavy (non-hydrogen) atoms. The predicted molar refractivity (Wildman–Crippen MR) is 66.5 cm³/mol. The van der Waals surface area contributed by atoms with Crippen LogP contribution in [0.25, 0.3) is 0 Å². The molecule has 0 radical (unpaired) electrons. The molecule has 3 atom stereocenters. The van der Waals surface area contributed by atoms with Gasteiger partial charge in [-0.15, -0.1) is 0 Å². The molecule has 0 aromatic carbocycles. The fourth-order valence-corrected chi connectivity index (χ4v) is 2.60. The summed E-state index contributed by atoms with van der Waals surface area (Å²) in [5.41, 5.74) is 0. The molecule has 86 valence electrons. The van der Waals surface area contributed by atoms with Gasteiger partial charge in [-0.1, -0.05) is 73.1 Å². The van der Waals surface area contributed by atoms with E-state index in [0.29, 0.717) is 0 Å². The monoisotopic (exact) mass is 198 g/mol. The maximum Gasteiger partial charge on any atom is -0.0365 e. The highest BCUT2D eigenvalue weighted by molar-refractivity contribution is 4.70. The van der Waals surface area contributed by atoms with E-state index in [-0.39, 0.29) is 0 Å². The maximum atomic E-state index is 2.45. The molecule has 0 saturated carbocycles. The molecular weight excluding hydrogens is 168 g/mol. The topological polar surface area (TPSA) is 0 Å². The lowest BCUT2D eigenvalue weighted by molar-refractivity contribution is 0.226. The lowest BCUT2D eigenvalue weighted by Gasteiger charge is -2.28. The van der Waals surface area contributed by atoms with Crippen LogP contribution in [-0.2, 0) is 0 Å². The first-order chi connectivity index (χ1) is 6.67. The van der Waals surface area contributed by atoms with E-state index < -0.39 is 0 Å². The van der Waals surface area contributed by atoms with Crippen molar-refractivity contribution in [3.8, 4) is 0 Å². The van der Waals surface area contributed by atoms with Gasteiger partial charge in [0.1, 0.15) is 0 Å². The van der Waals surface area contributed by atoms with Crippen LogP contribution >= 0.6 is 0 Å². The zero-order valence-corrected chi connectivity index (χ0v) is 11.0. The molecule has 0 bridgehead atoms. The van der Waals surface area contributed by atoms with Crippen LogP contribution in [0.3, 0.4) is 0 Å². The first-order valence-corrected chi connectivity index (χ1v) is 6.67. The van der Waals surface area contributed by atoms with Crippen LogP contribution in [0.1, 0.15) is 73.1 Å². The predicted octanol–water partition coefficient (Wildman–Crippen LogP) is 5.28. The van der Waals surface area contributed by atoms with E-state index in [1.165, 1.54) is 38.5 Å². The Bertz CT molecular complexity index is 117. The zero-order valence-electron chi connectivity index (χ0n) is 11.0. The summed E-state index contributed by atoms with van der Waals surface area (Å²) in [6.07, 6.45) is 8.36. The molecule has 0 N–H and O–H groups in total. The molecule has 0 aromatic rings. The molecule has 0 fully saturated rings. The van der Waals surface area contributed by atoms with Gasteiger partial charge in [0.15, 0.2) is 0 Å². The number of hydrogen-bond acceptors (Lipinski definition) is 0. The minimum Gasteiger partial charge on any atom is -0.0654 e. The van der Waals surface area contributed by atoms with Gasteiger partial charge >= 0.3 is 0 Å². The SMILES string of the molecule is CCCCCC(C)C(CC)C(C)CC. The van der Waals surface area contributed by atoms with Gasteiger partial charge in [0.2, 0.25) is 0 Å². The van der Waals surface area contributed by atoms with Gasteiger partial charge in [-0.2, -0.15) is 0 Å². The highest BCUT2D eigenvalue weighted by Crippen LogP contribution is 2.29. The van der Waals surface area contributed by atoms with Crippen LogP contribution in [0.2, 0.25) is 0 Å². The van der Waals surface area contributed by atoms with E-state index in [4.69, 9.17) is 0 Å². The quantitative estimate of drug-likeness (QED) is 0.466. The number of rotatable bonds is 8. The van der Waals surface area contributed by atoms with Gasteiger partial charge in [0, 0.05) is 0 Å². The second-order valence-corrected chi connectivity index (χ2v) is 4.93. The van der Waals surface area contributed by atoms with Gasteiger partial charge < -0.3 is 0 Å². The summed E-state index contributed by atoms with van der Waals surface area (Å²) in [4.78, 5) is 0. The molecule has 0 saturated heterocycles. The molecule has 0 heteroatoms. The first kappa shape index (κ1) is 14.0. The van der Waals surface area contributed by atoms with E-state index in [1.54, 1.807) is 0 Å². The van der Waals surface area contributed by atoms with Crippen LogP contribution in [-0.4, -0.2) is 0 Å². The largest absolute Gasteiger partial charge is 0.0654 e. The van der Waals surface area contributed by atoms with Crippen LogP contribution < -0.4 is 0 Å². The molecule has 0 aromatic heterocycles. The van der Waals surface area contributed by atoms with E-state index in [1.807, 2.05) is 0 Å². The Labute approximate surface area is 91.5 Å². The second kappa shape index (κ2) is 8.32. The Kier molecular flexibility index (Phi) is 8.32. The van der Waals surface area contributed by atoms with E-state index in [9.17, 15) is 0 Å². The molecule has 0 amide bonds. The minimum absolute atomic E-state index is 0.914. The molecule has 3 unspecified atom stereocenters. The average molecular weight is 198 g/mol. The van der Waals surface area contributed by atoms with Gasteiger partial charge in [0.25, 0.3) is 0 Å². The third-order valence-corrected chi connectivity index (χ3v) is 3.84. The van der Waals surface area contributed by atoms with Crippen LogP contribution in [0, 0.1) is 17.8 Å². The molecule has 0 aliphatic rings. The smallest absolute Gasteiger partial charge is 0.0365 e.